The highest BCUT2D eigenvalue weighted by Crippen LogP contribution is 2.21. The van der Waals surface area contributed by atoms with Crippen LogP contribution in [-0.2, 0) is 6.54 Å². The first-order chi connectivity index (χ1) is 9.28. The third-order valence-electron chi connectivity index (χ3n) is 3.12. The van der Waals surface area contributed by atoms with Crippen molar-refractivity contribution in [2.24, 2.45) is 0 Å². The molecule has 0 bridgehead atoms. The van der Waals surface area contributed by atoms with Gasteiger partial charge in [0.25, 0.3) is 5.91 Å². The van der Waals surface area contributed by atoms with E-state index in [-0.39, 0.29) is 5.91 Å². The lowest BCUT2D eigenvalue weighted by molar-refractivity contribution is 0.0996. The first-order valence-electron chi connectivity index (χ1n) is 6.21. The molecule has 2 heterocycles. The van der Waals surface area contributed by atoms with E-state index >= 15 is 0 Å². The number of anilines is 1. The van der Waals surface area contributed by atoms with E-state index < -0.39 is 0 Å². The van der Waals surface area contributed by atoms with Crippen LogP contribution in [0, 0.1) is 0 Å². The van der Waals surface area contributed by atoms with Crippen molar-refractivity contribution in [1.29, 1.82) is 0 Å². The van der Waals surface area contributed by atoms with Crippen LogP contribution in [0.1, 0.15) is 17.5 Å². The SMILES string of the molecule is CCn1ccc2ccc(NC(=O)c3ccco3)cc21. The van der Waals surface area contributed by atoms with Crippen LogP contribution in [0.15, 0.2) is 53.3 Å². The van der Waals surface area contributed by atoms with E-state index in [0.29, 0.717) is 5.76 Å². The molecule has 1 aromatic carbocycles. The zero-order chi connectivity index (χ0) is 13.2. The van der Waals surface area contributed by atoms with Crippen LogP contribution in [-0.4, -0.2) is 10.5 Å². The highest BCUT2D eigenvalue weighted by molar-refractivity contribution is 6.03. The van der Waals surface area contributed by atoms with Gasteiger partial charge in [0.2, 0.25) is 0 Å². The molecular weight excluding hydrogens is 240 g/mol. The maximum absolute atomic E-state index is 11.9. The number of benzene rings is 1. The Hall–Kier alpha value is -2.49. The molecule has 0 saturated carbocycles. The lowest BCUT2D eigenvalue weighted by atomic mass is 10.2. The van der Waals surface area contributed by atoms with E-state index in [1.165, 1.54) is 6.26 Å². The number of rotatable bonds is 3. The number of amides is 1. The second kappa shape index (κ2) is 4.65. The molecule has 3 aromatic rings. The average Bonchev–Trinajstić information content (AvgIpc) is 3.07. The normalized spacial score (nSPS) is 10.8. The Kier molecular flexibility index (Phi) is 2.83. The van der Waals surface area contributed by atoms with Gasteiger partial charge >= 0.3 is 0 Å². The third-order valence-corrected chi connectivity index (χ3v) is 3.12. The summed E-state index contributed by atoms with van der Waals surface area (Å²) >= 11 is 0. The summed E-state index contributed by atoms with van der Waals surface area (Å²) in [6.45, 7) is 2.99. The summed E-state index contributed by atoms with van der Waals surface area (Å²) in [5, 5.41) is 4.00. The topological polar surface area (TPSA) is 47.2 Å². The van der Waals surface area contributed by atoms with E-state index in [2.05, 4.69) is 22.9 Å². The summed E-state index contributed by atoms with van der Waals surface area (Å²) in [7, 11) is 0. The van der Waals surface area contributed by atoms with Gasteiger partial charge in [0, 0.05) is 18.4 Å². The van der Waals surface area contributed by atoms with Gasteiger partial charge in [-0.15, -0.1) is 0 Å². The predicted octanol–water partition coefficient (Wildman–Crippen LogP) is 3.51. The molecular formula is C15H14N2O2. The fourth-order valence-electron chi connectivity index (χ4n) is 2.14. The van der Waals surface area contributed by atoms with Crippen LogP contribution < -0.4 is 5.32 Å². The molecule has 0 aliphatic heterocycles. The number of hydrogen-bond acceptors (Lipinski definition) is 2. The number of nitrogens with one attached hydrogen (secondary N) is 1. The fraction of sp³-hybridized carbons (Fsp3) is 0.133. The van der Waals surface area contributed by atoms with Crippen LogP contribution in [0.25, 0.3) is 10.9 Å². The van der Waals surface area contributed by atoms with Crippen molar-refractivity contribution in [1.82, 2.24) is 4.57 Å². The van der Waals surface area contributed by atoms with Crippen molar-refractivity contribution in [2.45, 2.75) is 13.5 Å². The van der Waals surface area contributed by atoms with Crippen molar-refractivity contribution < 1.29 is 9.21 Å². The Bertz CT molecular complexity index is 711. The molecule has 96 valence electrons. The van der Waals surface area contributed by atoms with Crippen molar-refractivity contribution >= 4 is 22.5 Å². The molecule has 1 amide bonds. The minimum absolute atomic E-state index is 0.237. The molecule has 0 saturated heterocycles. The molecule has 0 radical (unpaired) electrons. The number of fused-ring (bicyclic) bond motifs is 1. The van der Waals surface area contributed by atoms with Crippen LogP contribution in [0.2, 0.25) is 0 Å². The van der Waals surface area contributed by atoms with Crippen molar-refractivity contribution in [3.63, 3.8) is 0 Å². The lowest BCUT2D eigenvalue weighted by Gasteiger charge is -2.05. The van der Waals surface area contributed by atoms with Crippen molar-refractivity contribution in [2.75, 3.05) is 5.32 Å². The van der Waals surface area contributed by atoms with Gasteiger partial charge in [0.1, 0.15) is 0 Å². The molecule has 4 nitrogen and oxygen atoms in total. The molecule has 0 spiro atoms. The second-order valence-electron chi connectivity index (χ2n) is 4.31. The molecule has 0 atom stereocenters. The maximum atomic E-state index is 11.9. The Labute approximate surface area is 110 Å². The predicted molar refractivity (Wildman–Crippen MR) is 74.3 cm³/mol. The quantitative estimate of drug-likeness (QED) is 0.777. The molecule has 4 heteroatoms. The van der Waals surface area contributed by atoms with Gasteiger partial charge < -0.3 is 14.3 Å². The van der Waals surface area contributed by atoms with Crippen LogP contribution in [0.5, 0.6) is 0 Å². The number of carbonyl (C=O) groups excluding carboxylic acids is 1. The summed E-state index contributed by atoms with van der Waals surface area (Å²) < 4.78 is 7.20. The van der Waals surface area contributed by atoms with E-state index in [9.17, 15) is 4.79 Å². The van der Waals surface area contributed by atoms with Gasteiger partial charge in [0.05, 0.1) is 11.8 Å². The van der Waals surface area contributed by atoms with Gasteiger partial charge in [-0.05, 0) is 42.6 Å². The van der Waals surface area contributed by atoms with E-state index in [4.69, 9.17) is 4.42 Å². The third kappa shape index (κ3) is 2.12. The molecule has 1 N–H and O–H groups in total. The second-order valence-corrected chi connectivity index (χ2v) is 4.31. The number of aromatic nitrogens is 1. The first kappa shape index (κ1) is 11.6. The maximum Gasteiger partial charge on any atom is 0.291 e. The van der Waals surface area contributed by atoms with Crippen LogP contribution in [0.3, 0.4) is 0 Å². The number of carbonyl (C=O) groups is 1. The Morgan fingerprint density at radius 3 is 2.95 bits per heavy atom. The molecule has 19 heavy (non-hydrogen) atoms. The molecule has 3 rings (SSSR count). The summed E-state index contributed by atoms with van der Waals surface area (Å²) in [5.41, 5.74) is 1.88. The molecule has 0 unspecified atom stereocenters. The zero-order valence-corrected chi connectivity index (χ0v) is 10.6. The summed E-state index contributed by atoms with van der Waals surface area (Å²) in [4.78, 5) is 11.9. The molecule has 0 aliphatic carbocycles. The number of furan rings is 1. The molecule has 0 fully saturated rings. The van der Waals surface area contributed by atoms with E-state index in [1.807, 2.05) is 24.4 Å². The Morgan fingerprint density at radius 1 is 1.32 bits per heavy atom. The zero-order valence-electron chi connectivity index (χ0n) is 10.6. The molecule has 2 aromatic heterocycles. The minimum atomic E-state index is -0.237. The minimum Gasteiger partial charge on any atom is -0.459 e. The number of nitrogens with zero attached hydrogens (tertiary/aromatic N) is 1. The monoisotopic (exact) mass is 254 g/mol. The van der Waals surface area contributed by atoms with Crippen LogP contribution >= 0.6 is 0 Å². The van der Waals surface area contributed by atoms with Gasteiger partial charge in [0.15, 0.2) is 5.76 Å². The van der Waals surface area contributed by atoms with Gasteiger partial charge in [-0.2, -0.15) is 0 Å². The standard InChI is InChI=1S/C15H14N2O2/c1-2-17-8-7-11-5-6-12(10-13(11)17)16-15(18)14-4-3-9-19-14/h3-10H,2H2,1H3,(H,16,18). The summed E-state index contributed by atoms with van der Waals surface area (Å²) in [6.07, 6.45) is 3.53. The van der Waals surface area contributed by atoms with E-state index in [1.54, 1.807) is 12.1 Å². The first-order valence-corrected chi connectivity index (χ1v) is 6.21. The highest BCUT2D eigenvalue weighted by atomic mass is 16.3. The van der Waals surface area contributed by atoms with Crippen molar-refractivity contribution in [3.05, 3.63) is 54.6 Å². The van der Waals surface area contributed by atoms with Gasteiger partial charge in [-0.1, -0.05) is 6.07 Å². The average molecular weight is 254 g/mol. The highest BCUT2D eigenvalue weighted by Gasteiger charge is 2.09. The largest absolute Gasteiger partial charge is 0.459 e. The van der Waals surface area contributed by atoms with Crippen molar-refractivity contribution in [3.8, 4) is 0 Å². The Morgan fingerprint density at radius 2 is 2.21 bits per heavy atom. The fourth-order valence-corrected chi connectivity index (χ4v) is 2.14. The number of hydrogen-bond donors (Lipinski definition) is 1. The number of aryl methyl sites for hydroxylation is 1. The van der Waals surface area contributed by atoms with Gasteiger partial charge in [-0.25, -0.2) is 0 Å². The van der Waals surface area contributed by atoms with Gasteiger partial charge in [-0.3, -0.25) is 4.79 Å². The summed E-state index contributed by atoms with van der Waals surface area (Å²) in [6, 6.07) is 11.3. The lowest BCUT2D eigenvalue weighted by Crippen LogP contribution is -2.10. The Balaban J connectivity index is 1.91. The molecule has 0 aliphatic rings. The summed E-state index contributed by atoms with van der Waals surface area (Å²) in [5.74, 6) is 0.0740. The van der Waals surface area contributed by atoms with E-state index in [0.717, 1.165) is 23.1 Å². The smallest absolute Gasteiger partial charge is 0.291 e. The van der Waals surface area contributed by atoms with Crippen LogP contribution in [0.4, 0.5) is 5.69 Å².